The summed E-state index contributed by atoms with van der Waals surface area (Å²) in [5.41, 5.74) is 2.30. The minimum absolute atomic E-state index is 0.145. The van der Waals surface area contributed by atoms with Crippen LogP contribution in [-0.2, 0) is 14.6 Å². The van der Waals surface area contributed by atoms with Crippen LogP contribution in [0.25, 0.3) is 0 Å². The number of amides is 1. The number of halogens is 1. The van der Waals surface area contributed by atoms with Gasteiger partial charge in [0.2, 0.25) is 15.7 Å². The number of aryl methyl sites for hydroxylation is 1. The maximum absolute atomic E-state index is 13.2. The Hall–Kier alpha value is -2.16. The highest BCUT2D eigenvalue weighted by atomic mass is 79.9. The standard InChI is InChI=1S/C21H18BrNO4S2/c1-12-3-6-14(7-4-12)29(25,26)18-11-28-21-15(10-19(24)23-20(18)21)13-5-8-17(27-2)16(22)9-13/h3-9,11,15H,10H2,1-2H3,(H,23,24)/t15-/m1/s1. The highest BCUT2D eigenvalue weighted by molar-refractivity contribution is 9.10. The molecule has 0 bridgehead atoms. The van der Waals surface area contributed by atoms with Crippen LogP contribution in [0.4, 0.5) is 5.69 Å². The minimum atomic E-state index is -3.74. The number of hydrogen-bond donors (Lipinski definition) is 1. The van der Waals surface area contributed by atoms with Crippen LogP contribution >= 0.6 is 27.3 Å². The number of benzene rings is 2. The van der Waals surface area contributed by atoms with E-state index in [2.05, 4.69) is 21.2 Å². The fourth-order valence-corrected chi connectivity index (χ4v) is 6.88. The topological polar surface area (TPSA) is 72.5 Å². The fourth-order valence-electron chi connectivity index (χ4n) is 3.42. The SMILES string of the molecule is COc1ccc([C@H]2CC(=O)Nc3c(S(=O)(=O)c4ccc(C)cc4)csc32)cc1Br. The highest BCUT2D eigenvalue weighted by Crippen LogP contribution is 2.46. The monoisotopic (exact) mass is 491 g/mol. The number of carbonyl (C=O) groups is 1. The van der Waals surface area contributed by atoms with Gasteiger partial charge in [0.1, 0.15) is 10.6 Å². The molecule has 2 heterocycles. The van der Waals surface area contributed by atoms with Crippen molar-refractivity contribution in [2.24, 2.45) is 0 Å². The van der Waals surface area contributed by atoms with E-state index in [4.69, 9.17) is 4.74 Å². The average Bonchev–Trinajstić information content (AvgIpc) is 3.12. The zero-order chi connectivity index (χ0) is 20.8. The van der Waals surface area contributed by atoms with Gasteiger partial charge >= 0.3 is 0 Å². The summed E-state index contributed by atoms with van der Waals surface area (Å²) in [5, 5.41) is 4.41. The Kier molecular flexibility index (Phi) is 5.27. The molecule has 3 aromatic rings. The first-order valence-corrected chi connectivity index (χ1v) is 12.0. The number of anilines is 1. The van der Waals surface area contributed by atoms with Crippen LogP contribution in [0, 0.1) is 6.92 Å². The molecule has 0 aliphatic carbocycles. The summed E-state index contributed by atoms with van der Waals surface area (Å²) in [5.74, 6) is 0.282. The Morgan fingerprint density at radius 2 is 1.90 bits per heavy atom. The molecule has 29 heavy (non-hydrogen) atoms. The quantitative estimate of drug-likeness (QED) is 0.548. The lowest BCUT2D eigenvalue weighted by molar-refractivity contribution is -0.116. The molecule has 150 valence electrons. The number of sulfone groups is 1. The molecule has 2 aromatic carbocycles. The first-order chi connectivity index (χ1) is 13.8. The lowest BCUT2D eigenvalue weighted by Gasteiger charge is -2.24. The Labute approximate surface area is 181 Å². The molecule has 1 aromatic heterocycles. The average molecular weight is 492 g/mol. The van der Waals surface area contributed by atoms with Crippen molar-refractivity contribution in [1.29, 1.82) is 0 Å². The van der Waals surface area contributed by atoms with E-state index < -0.39 is 9.84 Å². The molecule has 1 amide bonds. The third-order valence-corrected chi connectivity index (χ3v) is 8.61. The maximum atomic E-state index is 13.2. The summed E-state index contributed by atoms with van der Waals surface area (Å²) in [6.07, 6.45) is 0.260. The number of methoxy groups -OCH3 is 1. The summed E-state index contributed by atoms with van der Waals surface area (Å²) in [7, 11) is -2.14. The van der Waals surface area contributed by atoms with Crippen molar-refractivity contribution < 1.29 is 17.9 Å². The first kappa shape index (κ1) is 20.1. The van der Waals surface area contributed by atoms with Crippen LogP contribution in [0.15, 0.2) is 62.1 Å². The molecule has 0 unspecified atom stereocenters. The normalized spacial score (nSPS) is 16.2. The van der Waals surface area contributed by atoms with Crippen LogP contribution in [0.2, 0.25) is 0 Å². The minimum Gasteiger partial charge on any atom is -0.496 e. The number of carbonyl (C=O) groups excluding carboxylic acids is 1. The molecule has 1 aliphatic rings. The molecule has 1 aliphatic heterocycles. The van der Waals surface area contributed by atoms with Gasteiger partial charge in [0.25, 0.3) is 0 Å². The highest BCUT2D eigenvalue weighted by Gasteiger charge is 2.34. The van der Waals surface area contributed by atoms with Gasteiger partial charge in [-0.2, -0.15) is 0 Å². The number of rotatable bonds is 4. The molecule has 1 N–H and O–H groups in total. The summed E-state index contributed by atoms with van der Waals surface area (Å²) in [4.78, 5) is 13.6. The van der Waals surface area contributed by atoms with Crippen molar-refractivity contribution in [3.63, 3.8) is 0 Å². The summed E-state index contributed by atoms with van der Waals surface area (Å²) in [6.45, 7) is 1.90. The van der Waals surface area contributed by atoms with Gasteiger partial charge in [-0.3, -0.25) is 4.79 Å². The second-order valence-electron chi connectivity index (χ2n) is 6.85. The molecule has 8 heteroatoms. The number of nitrogens with one attached hydrogen (secondary N) is 1. The van der Waals surface area contributed by atoms with E-state index >= 15 is 0 Å². The van der Waals surface area contributed by atoms with Gasteiger partial charge in [-0.25, -0.2) is 8.42 Å². The molecule has 0 spiro atoms. The van der Waals surface area contributed by atoms with Gasteiger partial charge in [0.05, 0.1) is 22.2 Å². The van der Waals surface area contributed by atoms with Crippen LogP contribution in [0.5, 0.6) is 5.75 Å². The van der Waals surface area contributed by atoms with E-state index in [9.17, 15) is 13.2 Å². The Morgan fingerprint density at radius 1 is 1.17 bits per heavy atom. The van der Waals surface area contributed by atoms with Gasteiger partial charge in [-0.05, 0) is 52.7 Å². The van der Waals surface area contributed by atoms with Gasteiger partial charge in [-0.15, -0.1) is 11.3 Å². The predicted octanol–water partition coefficient (Wildman–Crippen LogP) is 5.13. The van der Waals surface area contributed by atoms with Crippen LogP contribution in [0.3, 0.4) is 0 Å². The summed E-state index contributed by atoms with van der Waals surface area (Å²) < 4.78 is 32.5. The van der Waals surface area contributed by atoms with E-state index in [1.165, 1.54) is 11.3 Å². The second-order valence-corrected chi connectivity index (χ2v) is 10.5. The van der Waals surface area contributed by atoms with Crippen LogP contribution < -0.4 is 10.1 Å². The van der Waals surface area contributed by atoms with E-state index in [1.54, 1.807) is 36.8 Å². The first-order valence-electron chi connectivity index (χ1n) is 8.87. The van der Waals surface area contributed by atoms with E-state index in [-0.39, 0.29) is 28.0 Å². The summed E-state index contributed by atoms with van der Waals surface area (Å²) in [6, 6.07) is 12.4. The number of thiophene rings is 1. The lowest BCUT2D eigenvalue weighted by atomic mass is 9.90. The zero-order valence-corrected chi connectivity index (χ0v) is 18.9. The maximum Gasteiger partial charge on any atom is 0.225 e. The van der Waals surface area contributed by atoms with E-state index in [1.807, 2.05) is 25.1 Å². The Balaban J connectivity index is 1.80. The third kappa shape index (κ3) is 3.60. The summed E-state index contributed by atoms with van der Waals surface area (Å²) >= 11 is 4.84. The van der Waals surface area contributed by atoms with Crippen LogP contribution in [0.1, 0.15) is 28.3 Å². The van der Waals surface area contributed by atoms with Gasteiger partial charge in [-0.1, -0.05) is 23.8 Å². The molecular formula is C21H18BrNO4S2. The molecule has 5 nitrogen and oxygen atoms in total. The van der Waals surface area contributed by atoms with Crippen molar-refractivity contribution in [3.8, 4) is 5.75 Å². The van der Waals surface area contributed by atoms with Gasteiger partial charge < -0.3 is 10.1 Å². The number of ether oxygens (including phenoxy) is 1. The lowest BCUT2D eigenvalue weighted by Crippen LogP contribution is -2.23. The van der Waals surface area contributed by atoms with E-state index in [0.717, 1.165) is 20.5 Å². The molecule has 0 saturated carbocycles. The predicted molar refractivity (Wildman–Crippen MR) is 117 cm³/mol. The zero-order valence-electron chi connectivity index (χ0n) is 15.7. The Bertz CT molecular complexity index is 1200. The van der Waals surface area contributed by atoms with Gasteiger partial charge in [0, 0.05) is 22.6 Å². The van der Waals surface area contributed by atoms with E-state index in [0.29, 0.717) is 11.4 Å². The van der Waals surface area contributed by atoms with Crippen molar-refractivity contribution in [3.05, 3.63) is 68.3 Å². The van der Waals surface area contributed by atoms with Crippen molar-refractivity contribution in [2.75, 3.05) is 12.4 Å². The van der Waals surface area contributed by atoms with Crippen LogP contribution in [-0.4, -0.2) is 21.4 Å². The van der Waals surface area contributed by atoms with Crippen molar-refractivity contribution in [1.82, 2.24) is 0 Å². The third-order valence-electron chi connectivity index (χ3n) is 4.96. The number of hydrogen-bond acceptors (Lipinski definition) is 5. The smallest absolute Gasteiger partial charge is 0.225 e. The number of fused-ring (bicyclic) bond motifs is 1. The Morgan fingerprint density at radius 3 is 2.55 bits per heavy atom. The molecule has 0 fully saturated rings. The second kappa shape index (κ2) is 7.59. The molecule has 4 rings (SSSR count). The molecular weight excluding hydrogens is 474 g/mol. The molecule has 1 atom stereocenters. The molecule has 0 radical (unpaired) electrons. The fraction of sp³-hybridized carbons (Fsp3) is 0.190. The van der Waals surface area contributed by atoms with Crippen molar-refractivity contribution >= 4 is 48.7 Å². The molecule has 0 saturated heterocycles. The van der Waals surface area contributed by atoms with Gasteiger partial charge in [0.15, 0.2) is 0 Å². The largest absolute Gasteiger partial charge is 0.496 e. The van der Waals surface area contributed by atoms with Crippen molar-refractivity contribution in [2.45, 2.75) is 29.1 Å².